The van der Waals surface area contributed by atoms with Crippen LogP contribution in [0.25, 0.3) is 21.8 Å². The Morgan fingerprint density at radius 3 is 2.53 bits per heavy atom. The van der Waals surface area contributed by atoms with Crippen molar-refractivity contribution in [1.82, 2.24) is 25.9 Å². The van der Waals surface area contributed by atoms with Crippen LogP contribution in [0.5, 0.6) is 0 Å². The van der Waals surface area contributed by atoms with Crippen molar-refractivity contribution in [3.05, 3.63) is 83.2 Å². The number of aromatic nitrogens is 2. The lowest BCUT2D eigenvalue weighted by Crippen LogP contribution is -2.52. The number of nitrogens with one attached hydrogen (secondary N) is 4. The number of hydrogen-bond donors (Lipinski definition) is 4. The normalized spacial score (nSPS) is 16.5. The molecule has 4 aromatic rings. The predicted molar refractivity (Wildman–Crippen MR) is 165 cm³/mol. The summed E-state index contributed by atoms with van der Waals surface area (Å²) in [6, 6.07) is 11.0. The maximum absolute atomic E-state index is 14.8. The van der Waals surface area contributed by atoms with Crippen LogP contribution in [0.1, 0.15) is 56.3 Å². The van der Waals surface area contributed by atoms with Gasteiger partial charge in [-0.3, -0.25) is 15.0 Å². The number of alkyl halides is 3. The molecular formula is C33H30F4N8. The highest BCUT2D eigenvalue weighted by molar-refractivity contribution is 5.99. The average Bonchev–Trinajstić information content (AvgIpc) is 3.69. The predicted octanol–water partition coefficient (Wildman–Crippen LogP) is 6.65. The zero-order chi connectivity index (χ0) is 32.1. The smallest absolute Gasteiger partial charge is 0.383 e. The molecule has 1 atom stereocenters. The van der Waals surface area contributed by atoms with Gasteiger partial charge in [0.25, 0.3) is 0 Å². The molecule has 8 nitrogen and oxygen atoms in total. The minimum Gasteiger partial charge on any atom is -0.383 e. The van der Waals surface area contributed by atoms with Crippen LogP contribution < -0.4 is 21.6 Å². The van der Waals surface area contributed by atoms with Crippen molar-refractivity contribution in [2.75, 3.05) is 17.2 Å². The maximum atomic E-state index is 14.8. The van der Waals surface area contributed by atoms with Crippen LogP contribution >= 0.6 is 0 Å². The molecule has 0 saturated heterocycles. The second-order valence-corrected chi connectivity index (χ2v) is 12.5. The Kier molecular flexibility index (Phi) is 7.21. The first-order valence-corrected chi connectivity index (χ1v) is 14.3. The highest BCUT2D eigenvalue weighted by Gasteiger charge is 2.67. The lowest BCUT2D eigenvalue weighted by Gasteiger charge is -2.28. The molecule has 2 aromatic heterocycles. The minimum absolute atomic E-state index is 0.0541. The summed E-state index contributed by atoms with van der Waals surface area (Å²) in [5.74, 6) is 2.13. The van der Waals surface area contributed by atoms with Crippen molar-refractivity contribution in [2.24, 2.45) is 5.41 Å². The van der Waals surface area contributed by atoms with E-state index in [0.717, 1.165) is 5.01 Å². The molecule has 3 heterocycles. The van der Waals surface area contributed by atoms with Crippen LogP contribution in [-0.4, -0.2) is 33.2 Å². The molecule has 1 fully saturated rings. The molecule has 0 amide bonds. The Morgan fingerprint density at radius 2 is 1.87 bits per heavy atom. The van der Waals surface area contributed by atoms with E-state index in [9.17, 15) is 22.8 Å². The number of nitriles is 1. The topological polar surface area (TPSA) is 101 Å². The highest BCUT2D eigenvalue weighted by Crippen LogP contribution is 2.54. The molecule has 0 spiro atoms. The first-order valence-electron chi connectivity index (χ1n) is 14.3. The first-order chi connectivity index (χ1) is 21.3. The quantitative estimate of drug-likeness (QED) is 0.136. The van der Waals surface area contributed by atoms with E-state index in [1.165, 1.54) is 18.5 Å². The van der Waals surface area contributed by atoms with Gasteiger partial charge < -0.3 is 16.1 Å². The Morgan fingerprint density at radius 1 is 1.09 bits per heavy atom. The van der Waals surface area contributed by atoms with Crippen molar-refractivity contribution in [3.8, 4) is 18.4 Å². The summed E-state index contributed by atoms with van der Waals surface area (Å²) >= 11 is 0. The molecule has 4 N–H and O–H groups in total. The Bertz CT molecular complexity index is 1930. The molecule has 0 radical (unpaired) electrons. The van der Waals surface area contributed by atoms with E-state index in [-0.39, 0.29) is 29.3 Å². The SMILES string of the molecule is C#Cc1cnc2c(C#N)cc(N[C@H](C3=CN(C4(C(F)(F)F)CC4)NN3)c3ccc(F)c4ncccc34)cc2c1NCC(C)(C)C. The third-order valence-corrected chi connectivity index (χ3v) is 8.03. The van der Waals surface area contributed by atoms with Gasteiger partial charge in [-0.05, 0) is 48.1 Å². The number of benzene rings is 2. The van der Waals surface area contributed by atoms with Crippen molar-refractivity contribution >= 4 is 33.2 Å². The third-order valence-electron chi connectivity index (χ3n) is 8.03. The fourth-order valence-corrected chi connectivity index (χ4v) is 5.51. The fourth-order valence-electron chi connectivity index (χ4n) is 5.51. The summed E-state index contributed by atoms with van der Waals surface area (Å²) in [6.45, 7) is 6.80. The standard InChI is InChI=1S/C33H30F4N8/c1-5-19-16-40-28-20(15-38)13-21(14-24(28)27(19)41-18-31(2,3)4)42-30(23-8-9-25(34)29-22(23)7-6-12-39-29)26-17-45(44-43-26)32(10-11-32)33(35,36)37/h1,6-9,12-14,16-17,30,42-44H,10-11,18H2,2-4H3,(H,40,41)/t30-/m0/s1. The number of hydrogen-bond acceptors (Lipinski definition) is 8. The molecule has 1 saturated carbocycles. The van der Waals surface area contributed by atoms with Crippen molar-refractivity contribution in [3.63, 3.8) is 0 Å². The molecule has 1 aliphatic heterocycles. The van der Waals surface area contributed by atoms with Crippen LogP contribution in [0.15, 0.2) is 60.7 Å². The summed E-state index contributed by atoms with van der Waals surface area (Å²) in [7, 11) is 0. The number of rotatable bonds is 7. The highest BCUT2D eigenvalue weighted by atomic mass is 19.4. The van der Waals surface area contributed by atoms with Crippen molar-refractivity contribution in [1.29, 1.82) is 5.26 Å². The van der Waals surface area contributed by atoms with Crippen LogP contribution in [0.2, 0.25) is 0 Å². The second-order valence-electron chi connectivity index (χ2n) is 12.5. The first kappa shape index (κ1) is 30.0. The van der Waals surface area contributed by atoms with E-state index < -0.39 is 23.6 Å². The van der Waals surface area contributed by atoms with E-state index in [0.29, 0.717) is 51.0 Å². The van der Waals surface area contributed by atoms with E-state index in [4.69, 9.17) is 6.42 Å². The number of nitrogens with zero attached hydrogens (tertiary/aromatic N) is 4. The molecule has 45 heavy (non-hydrogen) atoms. The van der Waals surface area contributed by atoms with Gasteiger partial charge in [0.05, 0.1) is 34.1 Å². The van der Waals surface area contributed by atoms with Crippen LogP contribution in [0, 0.1) is 34.9 Å². The number of anilines is 2. The minimum atomic E-state index is -4.46. The third kappa shape index (κ3) is 5.42. The summed E-state index contributed by atoms with van der Waals surface area (Å²) in [5, 5.41) is 19.0. The number of terminal acetylenes is 1. The van der Waals surface area contributed by atoms with Gasteiger partial charge in [-0.2, -0.15) is 18.4 Å². The van der Waals surface area contributed by atoms with E-state index >= 15 is 0 Å². The number of pyridine rings is 2. The number of halogens is 4. The lowest BCUT2D eigenvalue weighted by atomic mass is 9.96. The van der Waals surface area contributed by atoms with Gasteiger partial charge in [-0.15, -0.1) is 12.0 Å². The average molecular weight is 615 g/mol. The summed E-state index contributed by atoms with van der Waals surface area (Å²) < 4.78 is 56.8. The van der Waals surface area contributed by atoms with Gasteiger partial charge in [0.15, 0.2) is 5.54 Å². The van der Waals surface area contributed by atoms with Crippen molar-refractivity contribution in [2.45, 2.75) is 51.4 Å². The number of fused-ring (bicyclic) bond motifs is 2. The van der Waals surface area contributed by atoms with Crippen molar-refractivity contribution < 1.29 is 17.6 Å². The molecule has 2 aliphatic rings. The van der Waals surface area contributed by atoms with Crippen LogP contribution in [0.4, 0.5) is 28.9 Å². The van der Waals surface area contributed by atoms with E-state index in [1.54, 1.807) is 36.5 Å². The summed E-state index contributed by atoms with van der Waals surface area (Å²) in [6.07, 6.45) is 5.65. The van der Waals surface area contributed by atoms with E-state index in [1.807, 2.05) is 0 Å². The summed E-state index contributed by atoms with van der Waals surface area (Å²) in [5.41, 5.74) is 6.80. The zero-order valence-electron chi connectivity index (χ0n) is 24.8. The second kappa shape index (κ2) is 10.8. The van der Waals surface area contributed by atoms with E-state index in [2.05, 4.69) is 64.3 Å². The summed E-state index contributed by atoms with van der Waals surface area (Å²) in [4.78, 5) is 8.67. The monoisotopic (exact) mass is 614 g/mol. The van der Waals surface area contributed by atoms with Gasteiger partial charge in [-0.1, -0.05) is 38.8 Å². The van der Waals surface area contributed by atoms with Crippen LogP contribution in [0.3, 0.4) is 0 Å². The molecule has 1 aliphatic carbocycles. The van der Waals surface area contributed by atoms with Gasteiger partial charge in [0, 0.05) is 41.6 Å². The molecule has 6 rings (SSSR count). The van der Waals surface area contributed by atoms with Gasteiger partial charge in [-0.25, -0.2) is 4.39 Å². The molecule has 0 unspecified atom stereocenters. The molecule has 12 heteroatoms. The molecule has 230 valence electrons. The Hall–Kier alpha value is -5.07. The molecular weight excluding hydrogens is 584 g/mol. The fraction of sp³-hybridized carbons (Fsp3) is 0.303. The Balaban J connectivity index is 1.50. The van der Waals surface area contributed by atoms with Gasteiger partial charge >= 0.3 is 6.18 Å². The zero-order valence-corrected chi connectivity index (χ0v) is 24.8. The lowest BCUT2D eigenvalue weighted by molar-refractivity contribution is -0.195. The maximum Gasteiger partial charge on any atom is 0.413 e. The molecule has 0 bridgehead atoms. The van der Waals surface area contributed by atoms with Crippen LogP contribution in [-0.2, 0) is 0 Å². The van der Waals surface area contributed by atoms with Gasteiger partial charge in [0.1, 0.15) is 17.4 Å². The number of hydrazine groups is 2. The largest absolute Gasteiger partial charge is 0.413 e. The van der Waals surface area contributed by atoms with Gasteiger partial charge in [0.2, 0.25) is 0 Å². The Labute approximate surface area is 257 Å². The molecule has 2 aromatic carbocycles.